The molecular weight excluding hydrogens is 258 g/mol. The van der Waals surface area contributed by atoms with Gasteiger partial charge >= 0.3 is 0 Å². The van der Waals surface area contributed by atoms with Crippen molar-refractivity contribution in [3.8, 4) is 0 Å². The van der Waals surface area contributed by atoms with E-state index in [1.54, 1.807) is 0 Å². The molecule has 2 N–H and O–H groups in total. The quantitative estimate of drug-likeness (QED) is 0.865. The summed E-state index contributed by atoms with van der Waals surface area (Å²) in [7, 11) is 0. The number of nitrogens with two attached hydrogens (primary N) is 1. The molecule has 0 aromatic heterocycles. The fourth-order valence-corrected chi connectivity index (χ4v) is 4.93. The summed E-state index contributed by atoms with van der Waals surface area (Å²) in [6.45, 7) is 7.51. The van der Waals surface area contributed by atoms with Gasteiger partial charge in [-0.05, 0) is 76.7 Å². The van der Waals surface area contributed by atoms with Crippen LogP contribution in [0.2, 0.25) is 0 Å². The van der Waals surface area contributed by atoms with Crippen molar-refractivity contribution in [2.75, 3.05) is 39.3 Å². The average Bonchev–Trinajstić information content (AvgIpc) is 2.57. The summed E-state index contributed by atoms with van der Waals surface area (Å²) in [5.74, 6) is 0. The Morgan fingerprint density at radius 3 is 2.05 bits per heavy atom. The fraction of sp³-hybridized carbons (Fsp3) is 1.00. The molecule has 0 unspecified atom stereocenters. The molecule has 3 fully saturated rings. The van der Waals surface area contributed by atoms with Crippen LogP contribution >= 0.6 is 0 Å². The molecule has 0 atom stereocenters. The molecule has 1 saturated carbocycles. The van der Waals surface area contributed by atoms with Crippen LogP contribution in [-0.2, 0) is 0 Å². The maximum Gasteiger partial charge on any atom is 0.0120 e. The van der Waals surface area contributed by atoms with Crippen LogP contribution in [0.4, 0.5) is 0 Å². The molecule has 2 aliphatic heterocycles. The Hall–Kier alpha value is -0.120. The van der Waals surface area contributed by atoms with E-state index in [9.17, 15) is 0 Å². The zero-order chi connectivity index (χ0) is 14.5. The van der Waals surface area contributed by atoms with Crippen LogP contribution in [0.5, 0.6) is 0 Å². The summed E-state index contributed by atoms with van der Waals surface area (Å²) >= 11 is 0. The van der Waals surface area contributed by atoms with Crippen molar-refractivity contribution in [3.05, 3.63) is 0 Å². The number of rotatable bonds is 4. The maximum atomic E-state index is 6.16. The number of piperidine rings is 2. The smallest absolute Gasteiger partial charge is 0.0120 e. The zero-order valence-corrected chi connectivity index (χ0v) is 13.9. The normalized spacial score (nSPS) is 29.6. The lowest BCUT2D eigenvalue weighted by molar-refractivity contribution is 0.0553. The van der Waals surface area contributed by atoms with Gasteiger partial charge in [-0.25, -0.2) is 0 Å². The van der Waals surface area contributed by atoms with Crippen LogP contribution < -0.4 is 5.73 Å². The Kier molecular flexibility index (Phi) is 5.58. The molecule has 21 heavy (non-hydrogen) atoms. The third-order valence-electron chi connectivity index (χ3n) is 6.37. The molecular formula is C18H35N3. The van der Waals surface area contributed by atoms with Gasteiger partial charge < -0.3 is 15.5 Å². The van der Waals surface area contributed by atoms with Crippen molar-refractivity contribution in [3.63, 3.8) is 0 Å². The van der Waals surface area contributed by atoms with Crippen molar-refractivity contribution in [2.24, 2.45) is 11.1 Å². The van der Waals surface area contributed by atoms with E-state index in [0.29, 0.717) is 5.41 Å². The molecule has 0 aromatic rings. The molecule has 0 bridgehead atoms. The van der Waals surface area contributed by atoms with Crippen molar-refractivity contribution < 1.29 is 0 Å². The highest BCUT2D eigenvalue weighted by Crippen LogP contribution is 2.36. The molecule has 0 aromatic carbocycles. The van der Waals surface area contributed by atoms with E-state index >= 15 is 0 Å². The monoisotopic (exact) mass is 293 g/mol. The molecule has 0 amide bonds. The van der Waals surface area contributed by atoms with Crippen molar-refractivity contribution >= 4 is 0 Å². The van der Waals surface area contributed by atoms with E-state index in [1.807, 2.05) is 0 Å². The maximum absolute atomic E-state index is 6.16. The lowest BCUT2D eigenvalue weighted by atomic mass is 9.73. The minimum atomic E-state index is 0.455. The molecule has 1 aliphatic carbocycles. The van der Waals surface area contributed by atoms with Crippen LogP contribution in [0.25, 0.3) is 0 Å². The fourth-order valence-electron chi connectivity index (χ4n) is 4.93. The van der Waals surface area contributed by atoms with Gasteiger partial charge in [0.1, 0.15) is 0 Å². The molecule has 3 aliphatic rings. The van der Waals surface area contributed by atoms with Gasteiger partial charge in [0.15, 0.2) is 0 Å². The SMILES string of the molecule is NCC1(CN2CCC(N3CCCCC3)CC2)CCCCC1. The third kappa shape index (κ3) is 4.00. The number of hydrogen-bond acceptors (Lipinski definition) is 3. The van der Waals surface area contributed by atoms with E-state index in [4.69, 9.17) is 5.73 Å². The molecule has 3 nitrogen and oxygen atoms in total. The molecule has 2 heterocycles. The predicted octanol–water partition coefficient (Wildman–Crippen LogP) is 2.85. The average molecular weight is 293 g/mol. The first kappa shape index (κ1) is 15.8. The zero-order valence-electron chi connectivity index (χ0n) is 13.9. The van der Waals surface area contributed by atoms with Gasteiger partial charge in [-0.15, -0.1) is 0 Å². The van der Waals surface area contributed by atoms with Gasteiger partial charge in [0.25, 0.3) is 0 Å². The summed E-state index contributed by atoms with van der Waals surface area (Å²) in [5.41, 5.74) is 6.62. The second-order valence-electron chi connectivity index (χ2n) is 7.87. The Morgan fingerprint density at radius 1 is 0.810 bits per heavy atom. The highest BCUT2D eigenvalue weighted by Gasteiger charge is 2.34. The minimum Gasteiger partial charge on any atom is -0.330 e. The van der Waals surface area contributed by atoms with Gasteiger partial charge in [0.05, 0.1) is 0 Å². The van der Waals surface area contributed by atoms with Crippen LogP contribution in [0.15, 0.2) is 0 Å². The molecule has 3 rings (SSSR count). The van der Waals surface area contributed by atoms with Gasteiger partial charge in [0.2, 0.25) is 0 Å². The van der Waals surface area contributed by atoms with Crippen LogP contribution in [0.3, 0.4) is 0 Å². The molecule has 0 radical (unpaired) electrons. The van der Waals surface area contributed by atoms with Crippen LogP contribution in [0.1, 0.15) is 64.2 Å². The minimum absolute atomic E-state index is 0.455. The largest absolute Gasteiger partial charge is 0.330 e. The lowest BCUT2D eigenvalue weighted by Crippen LogP contribution is -2.50. The first-order chi connectivity index (χ1) is 10.3. The molecule has 2 saturated heterocycles. The molecule has 0 spiro atoms. The van der Waals surface area contributed by atoms with Crippen LogP contribution in [0, 0.1) is 5.41 Å². The summed E-state index contributed by atoms with van der Waals surface area (Å²) in [5, 5.41) is 0. The van der Waals surface area contributed by atoms with Crippen molar-refractivity contribution in [1.29, 1.82) is 0 Å². The highest BCUT2D eigenvalue weighted by atomic mass is 15.2. The lowest BCUT2D eigenvalue weighted by Gasteiger charge is -2.45. The first-order valence-electron chi connectivity index (χ1n) is 9.48. The Balaban J connectivity index is 1.46. The van der Waals surface area contributed by atoms with E-state index < -0.39 is 0 Å². The summed E-state index contributed by atoms with van der Waals surface area (Å²) < 4.78 is 0. The van der Waals surface area contributed by atoms with Crippen molar-refractivity contribution in [1.82, 2.24) is 9.80 Å². The van der Waals surface area contributed by atoms with Gasteiger partial charge in [-0.1, -0.05) is 25.7 Å². The predicted molar refractivity (Wildman–Crippen MR) is 89.5 cm³/mol. The van der Waals surface area contributed by atoms with Gasteiger partial charge in [-0.3, -0.25) is 0 Å². The third-order valence-corrected chi connectivity index (χ3v) is 6.37. The summed E-state index contributed by atoms with van der Waals surface area (Å²) in [6.07, 6.45) is 14.1. The second kappa shape index (κ2) is 7.43. The van der Waals surface area contributed by atoms with Crippen molar-refractivity contribution in [2.45, 2.75) is 70.3 Å². The van der Waals surface area contributed by atoms with E-state index in [1.165, 1.54) is 96.9 Å². The summed E-state index contributed by atoms with van der Waals surface area (Å²) in [6, 6.07) is 0.877. The van der Waals surface area contributed by atoms with E-state index in [2.05, 4.69) is 9.80 Å². The number of hydrogen-bond donors (Lipinski definition) is 1. The highest BCUT2D eigenvalue weighted by molar-refractivity contribution is 4.89. The standard InChI is InChI=1S/C18H35N3/c19-15-18(9-3-1-4-10-18)16-20-13-7-17(8-14-20)21-11-5-2-6-12-21/h17H,1-16,19H2. The first-order valence-corrected chi connectivity index (χ1v) is 9.48. The Bertz CT molecular complexity index is 298. The number of nitrogens with zero attached hydrogens (tertiary/aromatic N) is 2. The number of likely N-dealkylation sites (tertiary alicyclic amines) is 2. The topological polar surface area (TPSA) is 32.5 Å². The van der Waals surface area contributed by atoms with E-state index in [0.717, 1.165) is 12.6 Å². The Morgan fingerprint density at radius 2 is 1.43 bits per heavy atom. The second-order valence-corrected chi connectivity index (χ2v) is 7.87. The van der Waals surface area contributed by atoms with E-state index in [-0.39, 0.29) is 0 Å². The molecule has 3 heteroatoms. The van der Waals surface area contributed by atoms with Crippen LogP contribution in [-0.4, -0.2) is 55.1 Å². The molecule has 122 valence electrons. The summed E-state index contributed by atoms with van der Waals surface area (Å²) in [4.78, 5) is 5.51. The van der Waals surface area contributed by atoms with Gasteiger partial charge in [-0.2, -0.15) is 0 Å². The Labute approximate surface area is 131 Å². The van der Waals surface area contributed by atoms with Gasteiger partial charge in [0, 0.05) is 12.6 Å².